The second kappa shape index (κ2) is 6.67. The van der Waals surface area contributed by atoms with Gasteiger partial charge in [0, 0.05) is 22.3 Å². The summed E-state index contributed by atoms with van der Waals surface area (Å²) in [6, 6.07) is 9.27. The lowest BCUT2D eigenvalue weighted by molar-refractivity contribution is -0.113. The topological polar surface area (TPSA) is 57.8 Å². The number of carbonyl (C=O) groups is 1. The first-order valence-electron chi connectivity index (χ1n) is 6.54. The van der Waals surface area contributed by atoms with E-state index in [9.17, 15) is 13.6 Å². The van der Waals surface area contributed by atoms with Crippen molar-refractivity contribution in [2.75, 3.05) is 11.1 Å². The van der Waals surface area contributed by atoms with Crippen molar-refractivity contribution in [1.82, 2.24) is 9.97 Å². The van der Waals surface area contributed by atoms with Crippen molar-refractivity contribution >= 4 is 50.3 Å². The molecule has 23 heavy (non-hydrogen) atoms. The maximum Gasteiger partial charge on any atom is 0.234 e. The molecule has 1 aromatic heterocycles. The fourth-order valence-corrected chi connectivity index (χ4v) is 2.86. The van der Waals surface area contributed by atoms with Crippen LogP contribution in [-0.2, 0) is 4.79 Å². The molecular formula is C15H10BrF2N3OS. The number of anilines is 1. The van der Waals surface area contributed by atoms with Crippen LogP contribution in [0.2, 0.25) is 0 Å². The molecule has 0 bridgehead atoms. The lowest BCUT2D eigenvalue weighted by Gasteiger charge is -2.04. The highest BCUT2D eigenvalue weighted by atomic mass is 79.9. The average molecular weight is 398 g/mol. The summed E-state index contributed by atoms with van der Waals surface area (Å²) in [6.07, 6.45) is 0. The number of nitrogens with zero attached hydrogens (tertiary/aromatic N) is 1. The summed E-state index contributed by atoms with van der Waals surface area (Å²) in [7, 11) is 0. The predicted octanol–water partition coefficient (Wildman–Crippen LogP) is 4.33. The van der Waals surface area contributed by atoms with Crippen LogP contribution < -0.4 is 5.32 Å². The Morgan fingerprint density at radius 2 is 1.91 bits per heavy atom. The van der Waals surface area contributed by atoms with Gasteiger partial charge >= 0.3 is 0 Å². The molecule has 0 unspecified atom stereocenters. The van der Waals surface area contributed by atoms with Crippen molar-refractivity contribution in [2.45, 2.75) is 5.16 Å². The average Bonchev–Trinajstić information content (AvgIpc) is 2.90. The number of rotatable bonds is 4. The molecule has 4 nitrogen and oxygen atoms in total. The van der Waals surface area contributed by atoms with Crippen LogP contribution in [0.15, 0.2) is 46.0 Å². The van der Waals surface area contributed by atoms with E-state index in [1.54, 1.807) is 12.1 Å². The zero-order valence-electron chi connectivity index (χ0n) is 11.6. The van der Waals surface area contributed by atoms with E-state index in [0.717, 1.165) is 28.4 Å². The fourth-order valence-electron chi connectivity index (χ4n) is 1.91. The van der Waals surface area contributed by atoms with Crippen molar-refractivity contribution in [3.63, 3.8) is 0 Å². The van der Waals surface area contributed by atoms with Crippen LogP contribution in [0.25, 0.3) is 11.0 Å². The second-order valence-corrected chi connectivity index (χ2v) is 6.55. The molecule has 2 N–H and O–H groups in total. The van der Waals surface area contributed by atoms with Gasteiger partial charge < -0.3 is 10.3 Å². The molecule has 8 heteroatoms. The van der Waals surface area contributed by atoms with Gasteiger partial charge in [0.1, 0.15) is 0 Å². The second-order valence-electron chi connectivity index (χ2n) is 4.67. The number of H-pyrrole nitrogens is 1. The summed E-state index contributed by atoms with van der Waals surface area (Å²) in [6.45, 7) is 0. The highest BCUT2D eigenvalue weighted by molar-refractivity contribution is 9.10. The maximum atomic E-state index is 13.1. The zero-order valence-corrected chi connectivity index (χ0v) is 14.0. The number of fused-ring (bicyclic) bond motifs is 1. The molecule has 0 fully saturated rings. The minimum Gasteiger partial charge on any atom is -0.333 e. The minimum atomic E-state index is -0.950. The number of hydrogen-bond acceptors (Lipinski definition) is 3. The predicted molar refractivity (Wildman–Crippen MR) is 89.5 cm³/mol. The van der Waals surface area contributed by atoms with Gasteiger partial charge in [0.2, 0.25) is 5.91 Å². The summed E-state index contributed by atoms with van der Waals surface area (Å²) in [5.41, 5.74) is 1.40. The van der Waals surface area contributed by atoms with Crippen molar-refractivity contribution in [1.29, 1.82) is 0 Å². The van der Waals surface area contributed by atoms with Gasteiger partial charge in [0.15, 0.2) is 16.8 Å². The number of aromatic amines is 1. The molecule has 0 spiro atoms. The number of nitrogens with one attached hydrogen (secondary N) is 2. The monoisotopic (exact) mass is 397 g/mol. The maximum absolute atomic E-state index is 13.1. The standard InChI is InChI=1S/C15H10BrF2N3OS/c16-8-1-3-9(4-2-8)19-14(22)7-23-15-20-12-5-10(17)11(18)6-13(12)21-15/h1-6H,7H2,(H,19,22)(H,20,21). The summed E-state index contributed by atoms with van der Waals surface area (Å²) < 4.78 is 27.2. The van der Waals surface area contributed by atoms with Crippen LogP contribution >= 0.6 is 27.7 Å². The van der Waals surface area contributed by atoms with Crippen molar-refractivity contribution < 1.29 is 13.6 Å². The Bertz CT molecular complexity index is 828. The van der Waals surface area contributed by atoms with E-state index in [4.69, 9.17) is 0 Å². The summed E-state index contributed by atoms with van der Waals surface area (Å²) >= 11 is 4.47. The van der Waals surface area contributed by atoms with Crippen LogP contribution in [0.5, 0.6) is 0 Å². The third-order valence-electron chi connectivity index (χ3n) is 2.97. The molecule has 0 aliphatic heterocycles. The molecule has 3 rings (SSSR count). The molecule has 1 amide bonds. The van der Waals surface area contributed by atoms with Crippen molar-refractivity contribution in [2.24, 2.45) is 0 Å². The molecule has 0 radical (unpaired) electrons. The summed E-state index contributed by atoms with van der Waals surface area (Å²) in [5, 5.41) is 3.18. The molecule has 0 atom stereocenters. The Balaban J connectivity index is 1.63. The Morgan fingerprint density at radius 3 is 2.65 bits per heavy atom. The molecule has 0 aliphatic carbocycles. The van der Waals surface area contributed by atoms with Gasteiger partial charge in [-0.15, -0.1) is 0 Å². The van der Waals surface area contributed by atoms with Gasteiger partial charge in [0.25, 0.3) is 0 Å². The van der Waals surface area contributed by atoms with E-state index >= 15 is 0 Å². The third kappa shape index (κ3) is 3.89. The van der Waals surface area contributed by atoms with E-state index < -0.39 is 11.6 Å². The zero-order chi connectivity index (χ0) is 16.4. The molecule has 2 aromatic carbocycles. The van der Waals surface area contributed by atoms with Crippen LogP contribution in [0.1, 0.15) is 0 Å². The van der Waals surface area contributed by atoms with E-state index in [0.29, 0.717) is 21.9 Å². The highest BCUT2D eigenvalue weighted by Gasteiger charge is 2.10. The number of imidazole rings is 1. The minimum absolute atomic E-state index is 0.126. The Labute approximate surface area is 142 Å². The van der Waals surface area contributed by atoms with E-state index in [1.807, 2.05) is 12.1 Å². The lowest BCUT2D eigenvalue weighted by atomic mass is 10.3. The van der Waals surface area contributed by atoms with E-state index in [2.05, 4.69) is 31.2 Å². The van der Waals surface area contributed by atoms with Crippen LogP contribution in [0.3, 0.4) is 0 Å². The molecule has 1 heterocycles. The molecule has 3 aromatic rings. The number of carbonyl (C=O) groups excluding carboxylic acids is 1. The van der Waals surface area contributed by atoms with Gasteiger partial charge in [0.05, 0.1) is 16.8 Å². The van der Waals surface area contributed by atoms with Crippen molar-refractivity contribution in [3.8, 4) is 0 Å². The number of benzene rings is 2. The fraction of sp³-hybridized carbons (Fsp3) is 0.0667. The lowest BCUT2D eigenvalue weighted by Crippen LogP contribution is -2.13. The summed E-state index contributed by atoms with van der Waals surface area (Å²) in [5.74, 6) is -1.96. The Hall–Kier alpha value is -1.93. The van der Waals surface area contributed by atoms with E-state index in [-0.39, 0.29) is 11.7 Å². The molecule has 0 aliphatic rings. The van der Waals surface area contributed by atoms with Crippen molar-refractivity contribution in [3.05, 3.63) is 52.5 Å². The quantitative estimate of drug-likeness (QED) is 0.644. The van der Waals surface area contributed by atoms with Gasteiger partial charge in [-0.25, -0.2) is 13.8 Å². The summed E-state index contributed by atoms with van der Waals surface area (Å²) in [4.78, 5) is 18.9. The van der Waals surface area contributed by atoms with Gasteiger partial charge in [-0.1, -0.05) is 27.7 Å². The number of aromatic nitrogens is 2. The highest BCUT2D eigenvalue weighted by Crippen LogP contribution is 2.22. The third-order valence-corrected chi connectivity index (χ3v) is 4.37. The first-order chi connectivity index (χ1) is 11.0. The van der Waals surface area contributed by atoms with Crippen LogP contribution in [0, 0.1) is 11.6 Å². The smallest absolute Gasteiger partial charge is 0.234 e. The van der Waals surface area contributed by atoms with Crippen LogP contribution in [0.4, 0.5) is 14.5 Å². The number of hydrogen-bond donors (Lipinski definition) is 2. The number of amides is 1. The molecule has 0 saturated carbocycles. The SMILES string of the molecule is O=C(CSc1nc2cc(F)c(F)cc2[nH]1)Nc1ccc(Br)cc1. The Morgan fingerprint density at radius 1 is 1.22 bits per heavy atom. The van der Waals surface area contributed by atoms with E-state index in [1.165, 1.54) is 0 Å². The Kier molecular flexibility index (Phi) is 4.63. The first kappa shape index (κ1) is 15.9. The van der Waals surface area contributed by atoms with Crippen LogP contribution in [-0.4, -0.2) is 21.6 Å². The molecule has 118 valence electrons. The van der Waals surface area contributed by atoms with Gasteiger partial charge in [-0.2, -0.15) is 0 Å². The van der Waals surface area contributed by atoms with Gasteiger partial charge in [-0.05, 0) is 24.3 Å². The molecular weight excluding hydrogens is 388 g/mol. The largest absolute Gasteiger partial charge is 0.333 e. The normalized spacial score (nSPS) is 10.9. The van der Waals surface area contributed by atoms with Gasteiger partial charge in [-0.3, -0.25) is 4.79 Å². The molecule has 0 saturated heterocycles. The number of thioether (sulfide) groups is 1. The number of halogens is 3. The first-order valence-corrected chi connectivity index (χ1v) is 8.32.